The fraction of sp³-hybridized carbons (Fsp3) is 0.375. The quantitative estimate of drug-likeness (QED) is 0.449. The van der Waals surface area contributed by atoms with Crippen molar-refractivity contribution in [3.8, 4) is 23.0 Å². The molecule has 0 bridgehead atoms. The summed E-state index contributed by atoms with van der Waals surface area (Å²) in [4.78, 5) is 15.9. The predicted molar refractivity (Wildman–Crippen MR) is 126 cm³/mol. The molecule has 8 heteroatoms. The first-order chi connectivity index (χ1) is 14.9. The number of halogens is 1. The molecule has 3 rings (SSSR count). The van der Waals surface area contributed by atoms with E-state index in [0.717, 1.165) is 13.1 Å². The number of fused-ring (bicyclic) bond motifs is 1. The second kappa shape index (κ2) is 10.6. The van der Waals surface area contributed by atoms with Crippen molar-refractivity contribution in [2.45, 2.75) is 27.3 Å². The van der Waals surface area contributed by atoms with E-state index in [-0.39, 0.29) is 29.7 Å². The van der Waals surface area contributed by atoms with Gasteiger partial charge in [-0.1, -0.05) is 13.8 Å². The molecule has 0 aliphatic heterocycles. The number of aryl methyl sites for hydroxylation is 1. The van der Waals surface area contributed by atoms with Crippen molar-refractivity contribution < 1.29 is 28.5 Å². The van der Waals surface area contributed by atoms with Crippen molar-refractivity contribution in [1.82, 2.24) is 4.90 Å². The molecule has 1 aromatic heterocycles. The molecule has 7 nitrogen and oxygen atoms in total. The first kappa shape index (κ1) is 25.4. The molecule has 0 unspecified atom stereocenters. The van der Waals surface area contributed by atoms with Crippen molar-refractivity contribution in [3.05, 3.63) is 46.7 Å². The van der Waals surface area contributed by atoms with Crippen LogP contribution in [0.3, 0.4) is 0 Å². The molecule has 3 aromatic rings. The third-order valence-corrected chi connectivity index (χ3v) is 5.57. The minimum Gasteiger partial charge on any atom is -0.508 e. The van der Waals surface area contributed by atoms with Crippen LogP contribution in [0.25, 0.3) is 11.0 Å². The van der Waals surface area contributed by atoms with Crippen LogP contribution in [0.5, 0.6) is 23.0 Å². The summed E-state index contributed by atoms with van der Waals surface area (Å²) in [5, 5.41) is 11.3. The van der Waals surface area contributed by atoms with Crippen LogP contribution >= 0.6 is 12.4 Å². The van der Waals surface area contributed by atoms with Gasteiger partial charge in [0.15, 0.2) is 11.5 Å². The molecule has 174 valence electrons. The topological polar surface area (TPSA) is 81.4 Å². The molecule has 0 aliphatic rings. The summed E-state index contributed by atoms with van der Waals surface area (Å²) < 4.78 is 22.2. The van der Waals surface area contributed by atoms with Crippen LogP contribution in [-0.2, 0) is 6.54 Å². The Balaban J connectivity index is 0.00000363. The van der Waals surface area contributed by atoms with Gasteiger partial charge in [-0.2, -0.15) is 0 Å². The molecule has 0 spiro atoms. The normalized spacial score (nSPS) is 10.8. The Kier molecular flexibility index (Phi) is 8.41. The SMILES string of the molecule is CCN(CC)Cc1c(O)ccc2oc(C)c(C(=O)c3ccc(OC)c(OC)c3OC)c12.Cl. The average Bonchev–Trinajstić information content (AvgIpc) is 3.12. The van der Waals surface area contributed by atoms with Gasteiger partial charge in [-0.05, 0) is 44.3 Å². The van der Waals surface area contributed by atoms with E-state index in [4.69, 9.17) is 18.6 Å². The van der Waals surface area contributed by atoms with E-state index in [0.29, 0.717) is 51.5 Å². The van der Waals surface area contributed by atoms with Gasteiger partial charge in [0.05, 0.1) is 32.5 Å². The number of carbonyl (C=O) groups is 1. The summed E-state index contributed by atoms with van der Waals surface area (Å²) in [5.41, 5.74) is 1.95. The number of phenolic OH excluding ortho intramolecular Hbond substituents is 1. The van der Waals surface area contributed by atoms with Gasteiger partial charge < -0.3 is 23.7 Å². The lowest BCUT2D eigenvalue weighted by Gasteiger charge is -2.19. The number of ether oxygens (including phenoxy) is 3. The molecule has 1 heterocycles. The van der Waals surface area contributed by atoms with E-state index in [1.165, 1.54) is 21.3 Å². The van der Waals surface area contributed by atoms with Crippen molar-refractivity contribution in [2.24, 2.45) is 0 Å². The van der Waals surface area contributed by atoms with Crippen LogP contribution in [0.1, 0.15) is 41.1 Å². The van der Waals surface area contributed by atoms with Crippen LogP contribution in [-0.4, -0.2) is 50.2 Å². The highest BCUT2D eigenvalue weighted by Crippen LogP contribution is 2.42. The van der Waals surface area contributed by atoms with E-state index in [9.17, 15) is 9.90 Å². The number of aromatic hydroxyl groups is 1. The van der Waals surface area contributed by atoms with Crippen LogP contribution in [0.4, 0.5) is 0 Å². The molecule has 0 atom stereocenters. The van der Waals surface area contributed by atoms with Gasteiger partial charge in [0, 0.05) is 17.5 Å². The molecule has 0 amide bonds. The third-order valence-electron chi connectivity index (χ3n) is 5.57. The minimum atomic E-state index is -0.277. The number of nitrogens with zero attached hydrogens (tertiary/aromatic N) is 1. The maximum absolute atomic E-state index is 13.7. The zero-order valence-electron chi connectivity index (χ0n) is 19.3. The van der Waals surface area contributed by atoms with Gasteiger partial charge in [0.1, 0.15) is 17.1 Å². The maximum atomic E-state index is 13.7. The van der Waals surface area contributed by atoms with Crippen molar-refractivity contribution in [3.63, 3.8) is 0 Å². The summed E-state index contributed by atoms with van der Waals surface area (Å²) >= 11 is 0. The Bertz CT molecular complexity index is 1100. The Morgan fingerprint density at radius 3 is 2.22 bits per heavy atom. The van der Waals surface area contributed by atoms with Crippen molar-refractivity contribution in [1.29, 1.82) is 0 Å². The smallest absolute Gasteiger partial charge is 0.204 e. The first-order valence-electron chi connectivity index (χ1n) is 10.2. The zero-order chi connectivity index (χ0) is 22.7. The molecule has 0 saturated heterocycles. The van der Waals surface area contributed by atoms with Gasteiger partial charge in [0.25, 0.3) is 0 Å². The van der Waals surface area contributed by atoms with E-state index < -0.39 is 0 Å². The second-order valence-corrected chi connectivity index (χ2v) is 7.14. The fourth-order valence-electron chi connectivity index (χ4n) is 3.89. The number of methoxy groups -OCH3 is 3. The minimum absolute atomic E-state index is 0. The lowest BCUT2D eigenvalue weighted by Crippen LogP contribution is -2.22. The highest BCUT2D eigenvalue weighted by molar-refractivity contribution is 6.19. The molecule has 0 aliphatic carbocycles. The largest absolute Gasteiger partial charge is 0.508 e. The van der Waals surface area contributed by atoms with Crippen LogP contribution in [0, 0.1) is 6.92 Å². The lowest BCUT2D eigenvalue weighted by atomic mass is 9.95. The van der Waals surface area contributed by atoms with Gasteiger partial charge in [-0.25, -0.2) is 0 Å². The lowest BCUT2D eigenvalue weighted by molar-refractivity contribution is 0.103. The van der Waals surface area contributed by atoms with Crippen molar-refractivity contribution in [2.75, 3.05) is 34.4 Å². The Morgan fingerprint density at radius 2 is 1.66 bits per heavy atom. The molecular formula is C24H30ClNO6. The third kappa shape index (κ3) is 4.36. The standard InChI is InChI=1S/C24H29NO6.ClH/c1-7-25(8-2)13-16-17(26)10-12-18-21(16)20(14(3)31-18)22(27)15-9-11-19(28-4)24(30-6)23(15)29-5;/h9-12,26H,7-8,13H2,1-6H3;1H. The highest BCUT2D eigenvalue weighted by Gasteiger charge is 2.28. The Hall–Kier alpha value is -2.90. The maximum Gasteiger partial charge on any atom is 0.204 e. The summed E-state index contributed by atoms with van der Waals surface area (Å²) in [6.45, 7) is 7.99. The Morgan fingerprint density at radius 1 is 1.00 bits per heavy atom. The number of rotatable bonds is 9. The van der Waals surface area contributed by atoms with Gasteiger partial charge in [-0.3, -0.25) is 9.69 Å². The van der Waals surface area contributed by atoms with E-state index in [1.807, 2.05) is 0 Å². The molecule has 32 heavy (non-hydrogen) atoms. The van der Waals surface area contributed by atoms with Gasteiger partial charge >= 0.3 is 0 Å². The fourth-order valence-corrected chi connectivity index (χ4v) is 3.89. The first-order valence-corrected chi connectivity index (χ1v) is 10.2. The van der Waals surface area contributed by atoms with E-state index in [2.05, 4.69) is 18.7 Å². The van der Waals surface area contributed by atoms with Crippen molar-refractivity contribution >= 4 is 29.2 Å². The summed E-state index contributed by atoms with van der Waals surface area (Å²) in [7, 11) is 4.49. The van der Waals surface area contributed by atoms with E-state index >= 15 is 0 Å². The van der Waals surface area contributed by atoms with Crippen LogP contribution in [0.15, 0.2) is 28.7 Å². The number of furan rings is 1. The average molecular weight is 464 g/mol. The number of phenols is 1. The molecule has 0 saturated carbocycles. The predicted octanol–water partition coefficient (Wildman–Crippen LogP) is 4.97. The van der Waals surface area contributed by atoms with Gasteiger partial charge in [0.2, 0.25) is 11.5 Å². The molecule has 2 aromatic carbocycles. The van der Waals surface area contributed by atoms with Crippen LogP contribution < -0.4 is 14.2 Å². The number of benzene rings is 2. The molecule has 0 radical (unpaired) electrons. The van der Waals surface area contributed by atoms with Crippen LogP contribution in [0.2, 0.25) is 0 Å². The zero-order valence-corrected chi connectivity index (χ0v) is 20.1. The molecule has 1 N–H and O–H groups in total. The number of hydrogen-bond acceptors (Lipinski definition) is 7. The van der Waals surface area contributed by atoms with Gasteiger partial charge in [-0.15, -0.1) is 12.4 Å². The monoisotopic (exact) mass is 463 g/mol. The number of hydrogen-bond donors (Lipinski definition) is 1. The molecular weight excluding hydrogens is 434 g/mol. The molecule has 0 fully saturated rings. The second-order valence-electron chi connectivity index (χ2n) is 7.14. The number of ketones is 1. The highest BCUT2D eigenvalue weighted by atomic mass is 35.5. The summed E-state index contributed by atoms with van der Waals surface area (Å²) in [6, 6.07) is 6.61. The number of carbonyl (C=O) groups excluding carboxylic acids is 1. The summed E-state index contributed by atoms with van der Waals surface area (Å²) in [6.07, 6.45) is 0. The Labute approximate surface area is 194 Å². The van der Waals surface area contributed by atoms with E-state index in [1.54, 1.807) is 31.2 Å². The summed E-state index contributed by atoms with van der Waals surface area (Å²) in [5.74, 6) is 1.42.